The van der Waals surface area contributed by atoms with Gasteiger partial charge in [0, 0.05) is 31.9 Å². The van der Waals surface area contributed by atoms with Crippen molar-refractivity contribution in [2.75, 3.05) is 7.05 Å². The molecule has 20 heavy (non-hydrogen) atoms. The molecule has 1 heterocycles. The lowest BCUT2D eigenvalue weighted by Crippen LogP contribution is -2.43. The van der Waals surface area contributed by atoms with Gasteiger partial charge < -0.3 is 9.88 Å². The molecule has 0 aliphatic heterocycles. The molecule has 1 aliphatic rings. The SMILES string of the molecule is CNC(CCc1nccn1C)C1(CC(C)C)CCCC1. The molecule has 0 aromatic carbocycles. The first-order valence-electron chi connectivity index (χ1n) is 8.21. The highest BCUT2D eigenvalue weighted by Gasteiger charge is 2.40. The Kier molecular flexibility index (Phi) is 5.25. The first kappa shape index (κ1) is 15.6. The van der Waals surface area contributed by atoms with Crippen LogP contribution in [0.1, 0.15) is 58.2 Å². The van der Waals surface area contributed by atoms with Crippen molar-refractivity contribution in [3.63, 3.8) is 0 Å². The Labute approximate surface area is 124 Å². The van der Waals surface area contributed by atoms with Crippen molar-refractivity contribution in [3.8, 4) is 0 Å². The molecule has 0 amide bonds. The summed E-state index contributed by atoms with van der Waals surface area (Å²) in [5.74, 6) is 2.00. The molecule has 1 saturated carbocycles. The summed E-state index contributed by atoms with van der Waals surface area (Å²) in [5.41, 5.74) is 0.522. The molecule has 3 heteroatoms. The summed E-state index contributed by atoms with van der Waals surface area (Å²) in [6.07, 6.45) is 13.2. The number of aromatic nitrogens is 2. The van der Waals surface area contributed by atoms with E-state index in [0.717, 1.165) is 12.3 Å². The van der Waals surface area contributed by atoms with Crippen molar-refractivity contribution < 1.29 is 0 Å². The normalized spacial score (nSPS) is 19.6. The molecule has 3 nitrogen and oxygen atoms in total. The number of aryl methyl sites for hydroxylation is 2. The van der Waals surface area contributed by atoms with Gasteiger partial charge >= 0.3 is 0 Å². The Bertz CT molecular complexity index is 402. The molecular weight excluding hydrogens is 246 g/mol. The van der Waals surface area contributed by atoms with Gasteiger partial charge in [0.05, 0.1) is 0 Å². The second-order valence-corrected chi connectivity index (χ2v) is 7.00. The topological polar surface area (TPSA) is 29.9 Å². The first-order chi connectivity index (χ1) is 9.57. The summed E-state index contributed by atoms with van der Waals surface area (Å²) in [6.45, 7) is 4.73. The Morgan fingerprint density at radius 2 is 2.05 bits per heavy atom. The fourth-order valence-corrected chi connectivity index (χ4v) is 4.25. The maximum absolute atomic E-state index is 4.47. The van der Waals surface area contributed by atoms with Gasteiger partial charge in [-0.05, 0) is 44.1 Å². The largest absolute Gasteiger partial charge is 0.338 e. The molecule has 1 aliphatic carbocycles. The van der Waals surface area contributed by atoms with Crippen LogP contribution < -0.4 is 5.32 Å². The molecule has 1 fully saturated rings. The summed E-state index contributed by atoms with van der Waals surface area (Å²) < 4.78 is 2.15. The van der Waals surface area contributed by atoms with Crippen LogP contribution in [-0.4, -0.2) is 22.6 Å². The first-order valence-corrected chi connectivity index (χ1v) is 8.21. The van der Waals surface area contributed by atoms with E-state index in [9.17, 15) is 0 Å². The Balaban J connectivity index is 2.03. The van der Waals surface area contributed by atoms with Crippen molar-refractivity contribution in [1.29, 1.82) is 0 Å². The summed E-state index contributed by atoms with van der Waals surface area (Å²) in [7, 11) is 4.24. The minimum absolute atomic E-state index is 0.522. The van der Waals surface area contributed by atoms with E-state index in [1.165, 1.54) is 44.3 Å². The van der Waals surface area contributed by atoms with Crippen LogP contribution >= 0.6 is 0 Å². The quantitative estimate of drug-likeness (QED) is 0.826. The monoisotopic (exact) mass is 277 g/mol. The Morgan fingerprint density at radius 3 is 2.55 bits per heavy atom. The zero-order chi connectivity index (χ0) is 14.6. The minimum atomic E-state index is 0.522. The van der Waals surface area contributed by atoms with Gasteiger partial charge in [-0.2, -0.15) is 0 Å². The molecule has 1 aromatic rings. The molecule has 0 saturated heterocycles. The van der Waals surface area contributed by atoms with Crippen LogP contribution in [0.5, 0.6) is 0 Å². The predicted octanol–water partition coefficient (Wildman–Crippen LogP) is 3.55. The van der Waals surface area contributed by atoms with Crippen LogP contribution in [0.4, 0.5) is 0 Å². The van der Waals surface area contributed by atoms with Gasteiger partial charge in [-0.3, -0.25) is 0 Å². The fraction of sp³-hybridized carbons (Fsp3) is 0.824. The predicted molar refractivity (Wildman–Crippen MR) is 84.7 cm³/mol. The van der Waals surface area contributed by atoms with Crippen molar-refractivity contribution in [2.45, 2.75) is 64.8 Å². The van der Waals surface area contributed by atoms with Crippen LogP contribution in [0.3, 0.4) is 0 Å². The van der Waals surface area contributed by atoms with E-state index in [-0.39, 0.29) is 0 Å². The zero-order valence-corrected chi connectivity index (χ0v) is 13.7. The molecule has 1 unspecified atom stereocenters. The highest BCUT2D eigenvalue weighted by atomic mass is 15.0. The summed E-state index contributed by atoms with van der Waals surface area (Å²) in [4.78, 5) is 4.47. The van der Waals surface area contributed by atoms with Gasteiger partial charge in [0.1, 0.15) is 5.82 Å². The highest BCUT2D eigenvalue weighted by molar-refractivity contribution is 4.98. The van der Waals surface area contributed by atoms with E-state index in [2.05, 4.69) is 42.8 Å². The summed E-state index contributed by atoms with van der Waals surface area (Å²) >= 11 is 0. The molecule has 1 N–H and O–H groups in total. The van der Waals surface area contributed by atoms with Crippen LogP contribution in [0.25, 0.3) is 0 Å². The van der Waals surface area contributed by atoms with Crippen molar-refractivity contribution in [2.24, 2.45) is 18.4 Å². The summed E-state index contributed by atoms with van der Waals surface area (Å²) in [5, 5.41) is 3.64. The average molecular weight is 277 g/mol. The fourth-order valence-electron chi connectivity index (χ4n) is 4.25. The third-order valence-corrected chi connectivity index (χ3v) is 5.08. The lowest BCUT2D eigenvalue weighted by atomic mass is 9.71. The smallest absolute Gasteiger partial charge is 0.108 e. The second kappa shape index (κ2) is 6.75. The number of hydrogen-bond donors (Lipinski definition) is 1. The van der Waals surface area contributed by atoms with Crippen LogP contribution in [0.2, 0.25) is 0 Å². The number of hydrogen-bond acceptors (Lipinski definition) is 2. The maximum atomic E-state index is 4.47. The van der Waals surface area contributed by atoms with Crippen LogP contribution in [0, 0.1) is 11.3 Å². The third-order valence-electron chi connectivity index (χ3n) is 5.08. The number of rotatable bonds is 7. The van der Waals surface area contributed by atoms with E-state index in [1.807, 2.05) is 12.4 Å². The van der Waals surface area contributed by atoms with E-state index < -0.39 is 0 Å². The molecule has 0 bridgehead atoms. The zero-order valence-electron chi connectivity index (χ0n) is 13.7. The van der Waals surface area contributed by atoms with Crippen molar-refractivity contribution >= 4 is 0 Å². The summed E-state index contributed by atoms with van der Waals surface area (Å²) in [6, 6.07) is 0.629. The lowest BCUT2D eigenvalue weighted by Gasteiger charge is -2.39. The molecule has 2 rings (SSSR count). The lowest BCUT2D eigenvalue weighted by molar-refractivity contribution is 0.153. The van der Waals surface area contributed by atoms with Crippen molar-refractivity contribution in [3.05, 3.63) is 18.2 Å². The molecule has 114 valence electrons. The number of imidazole rings is 1. The third kappa shape index (κ3) is 3.43. The van der Waals surface area contributed by atoms with Crippen LogP contribution in [-0.2, 0) is 13.5 Å². The Hall–Kier alpha value is -0.830. The highest BCUT2D eigenvalue weighted by Crippen LogP contribution is 2.46. The van der Waals surface area contributed by atoms with Gasteiger partial charge in [-0.1, -0.05) is 26.7 Å². The van der Waals surface area contributed by atoms with Gasteiger partial charge in [-0.25, -0.2) is 4.98 Å². The number of nitrogens with one attached hydrogen (secondary N) is 1. The van der Waals surface area contributed by atoms with Gasteiger partial charge in [-0.15, -0.1) is 0 Å². The van der Waals surface area contributed by atoms with Gasteiger partial charge in [0.25, 0.3) is 0 Å². The maximum Gasteiger partial charge on any atom is 0.108 e. The molecule has 0 radical (unpaired) electrons. The standard InChI is InChI=1S/C17H31N3/c1-14(2)13-17(9-5-6-10-17)15(18-3)7-8-16-19-11-12-20(16)4/h11-12,14-15,18H,5-10,13H2,1-4H3. The van der Waals surface area contributed by atoms with Crippen LogP contribution in [0.15, 0.2) is 12.4 Å². The molecule has 0 spiro atoms. The second-order valence-electron chi connectivity index (χ2n) is 7.00. The van der Waals surface area contributed by atoms with E-state index in [1.54, 1.807) is 0 Å². The van der Waals surface area contributed by atoms with E-state index in [4.69, 9.17) is 0 Å². The van der Waals surface area contributed by atoms with E-state index in [0.29, 0.717) is 11.5 Å². The van der Waals surface area contributed by atoms with E-state index >= 15 is 0 Å². The number of nitrogens with zero attached hydrogens (tertiary/aromatic N) is 2. The Morgan fingerprint density at radius 1 is 1.35 bits per heavy atom. The molecule has 1 aromatic heterocycles. The van der Waals surface area contributed by atoms with Crippen molar-refractivity contribution in [1.82, 2.24) is 14.9 Å². The minimum Gasteiger partial charge on any atom is -0.338 e. The molecular formula is C17H31N3. The van der Waals surface area contributed by atoms with Gasteiger partial charge in [0.2, 0.25) is 0 Å². The molecule has 1 atom stereocenters. The average Bonchev–Trinajstić information content (AvgIpc) is 3.00. The van der Waals surface area contributed by atoms with Gasteiger partial charge in [0.15, 0.2) is 0 Å².